The van der Waals surface area contributed by atoms with Crippen LogP contribution in [0.5, 0.6) is 0 Å². The summed E-state index contributed by atoms with van der Waals surface area (Å²) in [6.45, 7) is 2.53. The number of fused-ring (bicyclic) bond motifs is 1. The standard InChI is InChI=1S/C26H26N4O2S/c1-18-7-5-8-19(15-18)26(32)27-14-13-24-29-22-11-3-4-12-23(22)30(24)17-25(31)28-20-9-6-10-21(16-20)33-2/h3-12,15-16H,13-14,17H2,1-2H3,(H,27,32)(H,28,31). The largest absolute Gasteiger partial charge is 0.352 e. The molecule has 0 aliphatic heterocycles. The van der Waals surface area contributed by atoms with Gasteiger partial charge in [0.05, 0.1) is 11.0 Å². The Morgan fingerprint density at radius 1 is 1.00 bits per heavy atom. The first-order valence-corrected chi connectivity index (χ1v) is 12.0. The van der Waals surface area contributed by atoms with E-state index in [0.29, 0.717) is 18.5 Å². The first kappa shape index (κ1) is 22.6. The van der Waals surface area contributed by atoms with Gasteiger partial charge in [-0.25, -0.2) is 4.98 Å². The third-order valence-corrected chi connectivity index (χ3v) is 6.03. The molecule has 0 aliphatic carbocycles. The maximum atomic E-state index is 12.8. The fraction of sp³-hybridized carbons (Fsp3) is 0.192. The van der Waals surface area contributed by atoms with Gasteiger partial charge in [-0.15, -0.1) is 11.8 Å². The van der Waals surface area contributed by atoms with Crippen LogP contribution in [0.1, 0.15) is 21.7 Å². The van der Waals surface area contributed by atoms with Crippen molar-refractivity contribution in [3.8, 4) is 0 Å². The summed E-state index contributed by atoms with van der Waals surface area (Å²) >= 11 is 1.63. The van der Waals surface area contributed by atoms with Crippen LogP contribution in [-0.2, 0) is 17.8 Å². The van der Waals surface area contributed by atoms with Crippen molar-refractivity contribution in [3.63, 3.8) is 0 Å². The molecular weight excluding hydrogens is 432 g/mol. The molecule has 3 aromatic carbocycles. The number of para-hydroxylation sites is 2. The molecule has 0 saturated carbocycles. The predicted octanol–water partition coefficient (Wildman–Crippen LogP) is 4.68. The molecule has 1 heterocycles. The Kier molecular flexibility index (Phi) is 7.10. The van der Waals surface area contributed by atoms with Crippen molar-refractivity contribution < 1.29 is 9.59 Å². The highest BCUT2D eigenvalue weighted by molar-refractivity contribution is 7.98. The second kappa shape index (κ2) is 10.4. The Labute approximate surface area is 197 Å². The number of thioether (sulfide) groups is 1. The molecule has 33 heavy (non-hydrogen) atoms. The third-order valence-electron chi connectivity index (χ3n) is 5.30. The number of nitrogens with one attached hydrogen (secondary N) is 2. The van der Waals surface area contributed by atoms with Crippen LogP contribution in [0.25, 0.3) is 11.0 Å². The van der Waals surface area contributed by atoms with Crippen molar-refractivity contribution >= 4 is 40.3 Å². The first-order valence-electron chi connectivity index (χ1n) is 10.8. The number of carbonyl (C=O) groups excluding carboxylic acids is 2. The van der Waals surface area contributed by atoms with Crippen molar-refractivity contribution in [2.45, 2.75) is 24.8 Å². The lowest BCUT2D eigenvalue weighted by Gasteiger charge is -2.11. The molecule has 0 saturated heterocycles. The van der Waals surface area contributed by atoms with Crippen LogP contribution in [0.3, 0.4) is 0 Å². The number of anilines is 1. The zero-order valence-corrected chi connectivity index (χ0v) is 19.5. The van der Waals surface area contributed by atoms with Crippen molar-refractivity contribution in [1.29, 1.82) is 0 Å². The van der Waals surface area contributed by atoms with Crippen LogP contribution < -0.4 is 10.6 Å². The highest BCUT2D eigenvalue weighted by atomic mass is 32.2. The minimum atomic E-state index is -0.124. The first-order chi connectivity index (χ1) is 16.0. The lowest BCUT2D eigenvalue weighted by molar-refractivity contribution is -0.116. The monoisotopic (exact) mass is 458 g/mol. The molecule has 2 amide bonds. The molecule has 0 unspecified atom stereocenters. The van der Waals surface area contributed by atoms with Crippen LogP contribution in [-0.4, -0.2) is 34.2 Å². The van der Waals surface area contributed by atoms with Gasteiger partial charge in [0.2, 0.25) is 5.91 Å². The number of imidazole rings is 1. The molecular formula is C26H26N4O2S. The van der Waals surface area contributed by atoms with Gasteiger partial charge in [0.25, 0.3) is 5.91 Å². The maximum absolute atomic E-state index is 12.8. The Balaban J connectivity index is 1.47. The Morgan fingerprint density at radius 3 is 2.64 bits per heavy atom. The van der Waals surface area contributed by atoms with Crippen molar-refractivity contribution in [1.82, 2.24) is 14.9 Å². The summed E-state index contributed by atoms with van der Waals surface area (Å²) in [4.78, 5) is 31.1. The summed E-state index contributed by atoms with van der Waals surface area (Å²) in [6.07, 6.45) is 2.52. The third kappa shape index (κ3) is 5.62. The molecule has 0 bridgehead atoms. The molecule has 0 spiro atoms. The number of hydrogen-bond donors (Lipinski definition) is 2. The number of benzene rings is 3. The number of carbonyl (C=O) groups is 2. The smallest absolute Gasteiger partial charge is 0.251 e. The van der Waals surface area contributed by atoms with Crippen LogP contribution in [0.2, 0.25) is 0 Å². The summed E-state index contributed by atoms with van der Waals surface area (Å²) in [5.74, 6) is 0.517. The Hall–Kier alpha value is -3.58. The number of aromatic nitrogens is 2. The van der Waals surface area contributed by atoms with Crippen molar-refractivity contribution in [3.05, 3.63) is 89.7 Å². The summed E-state index contributed by atoms with van der Waals surface area (Å²) < 4.78 is 1.92. The molecule has 4 aromatic rings. The number of aryl methyl sites for hydroxylation is 1. The van der Waals surface area contributed by atoms with E-state index >= 15 is 0 Å². The minimum absolute atomic E-state index is 0.118. The van der Waals surface area contributed by atoms with E-state index in [1.165, 1.54) is 0 Å². The van der Waals surface area contributed by atoms with Gasteiger partial charge in [-0.3, -0.25) is 9.59 Å². The Morgan fingerprint density at radius 2 is 1.82 bits per heavy atom. The van der Waals surface area contributed by atoms with E-state index in [-0.39, 0.29) is 18.4 Å². The SMILES string of the molecule is CSc1cccc(NC(=O)Cn2c(CCNC(=O)c3cccc(C)c3)nc3ccccc32)c1. The van der Waals surface area contributed by atoms with E-state index < -0.39 is 0 Å². The van der Waals surface area contributed by atoms with Gasteiger partial charge < -0.3 is 15.2 Å². The molecule has 4 rings (SSSR count). The maximum Gasteiger partial charge on any atom is 0.251 e. The number of rotatable bonds is 8. The van der Waals surface area contributed by atoms with E-state index in [4.69, 9.17) is 4.98 Å². The van der Waals surface area contributed by atoms with Crippen LogP contribution in [0.15, 0.2) is 77.7 Å². The van der Waals surface area contributed by atoms with Gasteiger partial charge in [0.1, 0.15) is 12.4 Å². The molecule has 168 valence electrons. The quantitative estimate of drug-likeness (QED) is 0.376. The lowest BCUT2D eigenvalue weighted by Crippen LogP contribution is -2.27. The number of amides is 2. The van der Waals surface area contributed by atoms with E-state index in [1.807, 2.05) is 84.5 Å². The lowest BCUT2D eigenvalue weighted by atomic mass is 10.1. The van der Waals surface area contributed by atoms with Gasteiger partial charge in [-0.1, -0.05) is 35.9 Å². The van der Waals surface area contributed by atoms with Crippen molar-refractivity contribution in [2.75, 3.05) is 18.1 Å². The van der Waals surface area contributed by atoms with Crippen LogP contribution >= 0.6 is 11.8 Å². The van der Waals surface area contributed by atoms with Crippen LogP contribution in [0.4, 0.5) is 5.69 Å². The van der Waals surface area contributed by atoms with Crippen molar-refractivity contribution in [2.24, 2.45) is 0 Å². The molecule has 0 radical (unpaired) electrons. The van der Waals surface area contributed by atoms with E-state index in [1.54, 1.807) is 17.8 Å². The molecule has 2 N–H and O–H groups in total. The predicted molar refractivity (Wildman–Crippen MR) is 134 cm³/mol. The van der Waals surface area contributed by atoms with E-state index in [9.17, 15) is 9.59 Å². The van der Waals surface area contributed by atoms with Gasteiger partial charge in [0.15, 0.2) is 0 Å². The Bertz CT molecular complexity index is 1300. The average molecular weight is 459 g/mol. The topological polar surface area (TPSA) is 76.0 Å². The second-order valence-corrected chi connectivity index (χ2v) is 8.64. The molecule has 6 nitrogen and oxygen atoms in total. The molecule has 1 aromatic heterocycles. The normalized spacial score (nSPS) is 10.8. The molecule has 0 fully saturated rings. The van der Waals surface area contributed by atoms with Gasteiger partial charge >= 0.3 is 0 Å². The number of hydrogen-bond acceptors (Lipinski definition) is 4. The summed E-state index contributed by atoms with van der Waals surface area (Å²) in [7, 11) is 0. The highest BCUT2D eigenvalue weighted by Crippen LogP contribution is 2.20. The molecule has 0 atom stereocenters. The van der Waals surface area contributed by atoms with E-state index in [0.717, 1.165) is 33.0 Å². The fourth-order valence-corrected chi connectivity index (χ4v) is 4.17. The zero-order chi connectivity index (χ0) is 23.2. The van der Waals surface area contributed by atoms with Gasteiger partial charge in [0, 0.05) is 29.1 Å². The van der Waals surface area contributed by atoms with E-state index in [2.05, 4.69) is 10.6 Å². The minimum Gasteiger partial charge on any atom is -0.352 e. The van der Waals surface area contributed by atoms with Gasteiger partial charge in [-0.2, -0.15) is 0 Å². The summed E-state index contributed by atoms with van der Waals surface area (Å²) in [6, 6.07) is 23.0. The zero-order valence-electron chi connectivity index (χ0n) is 18.7. The number of nitrogens with zero attached hydrogens (tertiary/aromatic N) is 2. The second-order valence-electron chi connectivity index (χ2n) is 7.76. The summed E-state index contributed by atoms with van der Waals surface area (Å²) in [5, 5.41) is 5.93. The highest BCUT2D eigenvalue weighted by Gasteiger charge is 2.14. The van der Waals surface area contributed by atoms with Gasteiger partial charge in [-0.05, 0) is 55.6 Å². The molecule has 7 heteroatoms. The fourth-order valence-electron chi connectivity index (χ4n) is 3.71. The summed E-state index contributed by atoms with van der Waals surface area (Å²) in [5.41, 5.74) is 4.16. The van der Waals surface area contributed by atoms with Crippen LogP contribution in [0, 0.1) is 6.92 Å². The molecule has 0 aliphatic rings. The average Bonchev–Trinajstić information content (AvgIpc) is 3.16.